The molecule has 0 aliphatic heterocycles. The van der Waals surface area contributed by atoms with Crippen LogP contribution in [0, 0.1) is 11.8 Å². The molecule has 0 saturated heterocycles. The van der Waals surface area contributed by atoms with Gasteiger partial charge >= 0.3 is 0 Å². The van der Waals surface area contributed by atoms with Gasteiger partial charge in [-0.1, -0.05) is 26.7 Å². The second-order valence-corrected chi connectivity index (χ2v) is 5.41. The van der Waals surface area contributed by atoms with Crippen LogP contribution in [0.3, 0.4) is 0 Å². The molecular formula is C13H22N4O. The van der Waals surface area contributed by atoms with Crippen molar-refractivity contribution >= 4 is 11.7 Å². The van der Waals surface area contributed by atoms with Crippen molar-refractivity contribution in [2.24, 2.45) is 18.9 Å². The van der Waals surface area contributed by atoms with Crippen molar-refractivity contribution in [3.63, 3.8) is 0 Å². The molecule has 5 nitrogen and oxygen atoms in total. The Labute approximate surface area is 108 Å². The molecule has 1 aliphatic carbocycles. The van der Waals surface area contributed by atoms with E-state index in [1.165, 1.54) is 23.7 Å². The molecule has 0 aromatic carbocycles. The Hall–Kier alpha value is -1.52. The Balaban J connectivity index is 2.05. The highest BCUT2D eigenvalue weighted by Gasteiger charge is 2.29. The summed E-state index contributed by atoms with van der Waals surface area (Å²) in [6, 6.07) is 0.251. The van der Waals surface area contributed by atoms with Crippen molar-refractivity contribution in [3.8, 4) is 0 Å². The zero-order chi connectivity index (χ0) is 13.3. The number of aromatic nitrogens is 2. The number of nitrogens with zero attached hydrogens (tertiary/aromatic N) is 2. The standard InChI is InChI=1S/C13H22N4O/c1-8-5-4-6-11(9(8)2)16-13(18)10-7-15-17(3)12(10)14/h7-9,11H,4-6,14H2,1-3H3,(H,16,18). The van der Waals surface area contributed by atoms with E-state index in [2.05, 4.69) is 24.3 Å². The summed E-state index contributed by atoms with van der Waals surface area (Å²) in [5.74, 6) is 1.49. The molecule has 0 bridgehead atoms. The Morgan fingerprint density at radius 1 is 1.50 bits per heavy atom. The number of hydrogen-bond donors (Lipinski definition) is 2. The lowest BCUT2D eigenvalue weighted by molar-refractivity contribution is 0.0892. The molecule has 1 saturated carbocycles. The molecule has 0 spiro atoms. The van der Waals surface area contributed by atoms with Crippen LogP contribution in [0.5, 0.6) is 0 Å². The molecular weight excluding hydrogens is 228 g/mol. The lowest BCUT2D eigenvalue weighted by atomic mass is 9.78. The van der Waals surface area contributed by atoms with Crippen molar-refractivity contribution < 1.29 is 4.79 Å². The summed E-state index contributed by atoms with van der Waals surface area (Å²) in [6.45, 7) is 4.46. The van der Waals surface area contributed by atoms with Crippen molar-refractivity contribution in [1.82, 2.24) is 15.1 Å². The third-order valence-corrected chi connectivity index (χ3v) is 4.25. The van der Waals surface area contributed by atoms with Gasteiger partial charge in [-0.2, -0.15) is 5.10 Å². The summed E-state index contributed by atoms with van der Waals surface area (Å²) in [5.41, 5.74) is 6.29. The fourth-order valence-corrected chi connectivity index (χ4v) is 2.65. The number of nitrogen functional groups attached to an aromatic ring is 1. The Kier molecular flexibility index (Phi) is 3.59. The van der Waals surface area contributed by atoms with Crippen LogP contribution in [0.15, 0.2) is 6.20 Å². The highest BCUT2D eigenvalue weighted by Crippen LogP contribution is 2.29. The van der Waals surface area contributed by atoms with Gasteiger partial charge in [0.05, 0.1) is 6.20 Å². The van der Waals surface area contributed by atoms with Crippen LogP contribution in [0.1, 0.15) is 43.5 Å². The minimum absolute atomic E-state index is 0.105. The van der Waals surface area contributed by atoms with E-state index in [0.29, 0.717) is 23.2 Å². The number of nitrogens with one attached hydrogen (secondary N) is 1. The molecule has 1 fully saturated rings. The van der Waals surface area contributed by atoms with Gasteiger partial charge in [0.2, 0.25) is 0 Å². The Morgan fingerprint density at radius 2 is 2.22 bits per heavy atom. The normalized spacial score (nSPS) is 28.1. The first-order valence-electron chi connectivity index (χ1n) is 6.59. The van der Waals surface area contributed by atoms with Crippen LogP contribution < -0.4 is 11.1 Å². The number of nitrogens with two attached hydrogens (primary N) is 1. The fourth-order valence-electron chi connectivity index (χ4n) is 2.65. The maximum Gasteiger partial charge on any atom is 0.256 e. The van der Waals surface area contributed by atoms with Gasteiger partial charge in [-0.25, -0.2) is 0 Å². The summed E-state index contributed by atoms with van der Waals surface area (Å²) >= 11 is 0. The van der Waals surface area contributed by atoms with E-state index in [4.69, 9.17) is 5.73 Å². The molecule has 1 aromatic rings. The average Bonchev–Trinajstić information content (AvgIpc) is 2.66. The maximum absolute atomic E-state index is 12.2. The predicted octanol–water partition coefficient (Wildman–Crippen LogP) is 1.56. The summed E-state index contributed by atoms with van der Waals surface area (Å²) < 4.78 is 1.52. The Bertz CT molecular complexity index is 440. The molecule has 1 aromatic heterocycles. The van der Waals surface area contributed by atoms with Crippen molar-refractivity contribution in [1.29, 1.82) is 0 Å². The van der Waals surface area contributed by atoms with Crippen molar-refractivity contribution in [2.75, 3.05) is 5.73 Å². The van der Waals surface area contributed by atoms with E-state index in [1.807, 2.05) is 0 Å². The van der Waals surface area contributed by atoms with E-state index < -0.39 is 0 Å². The first-order valence-corrected chi connectivity index (χ1v) is 6.59. The highest BCUT2D eigenvalue weighted by atomic mass is 16.1. The topological polar surface area (TPSA) is 72.9 Å². The number of anilines is 1. The quantitative estimate of drug-likeness (QED) is 0.836. The van der Waals surface area contributed by atoms with Crippen molar-refractivity contribution in [3.05, 3.63) is 11.8 Å². The lowest BCUT2D eigenvalue weighted by Crippen LogP contribution is -2.43. The minimum Gasteiger partial charge on any atom is -0.383 e. The number of rotatable bonds is 2. The van der Waals surface area contributed by atoms with Crippen LogP contribution in [-0.4, -0.2) is 21.7 Å². The van der Waals surface area contributed by atoms with Gasteiger partial charge in [0, 0.05) is 13.1 Å². The third-order valence-electron chi connectivity index (χ3n) is 4.25. The smallest absolute Gasteiger partial charge is 0.256 e. The van der Waals surface area contributed by atoms with Crippen LogP contribution in [-0.2, 0) is 7.05 Å². The van der Waals surface area contributed by atoms with Crippen molar-refractivity contribution in [2.45, 2.75) is 39.2 Å². The van der Waals surface area contributed by atoms with Crippen LogP contribution in [0.4, 0.5) is 5.82 Å². The third kappa shape index (κ3) is 2.35. The first-order chi connectivity index (χ1) is 8.50. The van der Waals surface area contributed by atoms with Crippen LogP contribution in [0.2, 0.25) is 0 Å². The summed E-state index contributed by atoms with van der Waals surface area (Å²) in [6.07, 6.45) is 5.01. The second-order valence-electron chi connectivity index (χ2n) is 5.41. The maximum atomic E-state index is 12.2. The predicted molar refractivity (Wildman–Crippen MR) is 71.1 cm³/mol. The second kappa shape index (κ2) is 5.00. The highest BCUT2D eigenvalue weighted by molar-refractivity contribution is 5.98. The van der Waals surface area contributed by atoms with Gasteiger partial charge in [0.15, 0.2) is 0 Å². The number of carbonyl (C=O) groups is 1. The van der Waals surface area contributed by atoms with Crippen LogP contribution >= 0.6 is 0 Å². The molecule has 1 heterocycles. The van der Waals surface area contributed by atoms with Gasteiger partial charge in [-0.05, 0) is 18.3 Å². The molecule has 3 N–H and O–H groups in total. The van der Waals surface area contributed by atoms with Gasteiger partial charge in [-0.3, -0.25) is 9.48 Å². The molecule has 100 valence electrons. The zero-order valence-corrected chi connectivity index (χ0v) is 11.3. The molecule has 0 radical (unpaired) electrons. The molecule has 2 rings (SSSR count). The Morgan fingerprint density at radius 3 is 2.83 bits per heavy atom. The number of hydrogen-bond acceptors (Lipinski definition) is 3. The van der Waals surface area contributed by atoms with Gasteiger partial charge in [0.25, 0.3) is 5.91 Å². The van der Waals surface area contributed by atoms with Crippen LogP contribution in [0.25, 0.3) is 0 Å². The summed E-state index contributed by atoms with van der Waals surface area (Å²) in [5, 5.41) is 7.09. The summed E-state index contributed by atoms with van der Waals surface area (Å²) in [7, 11) is 1.73. The van der Waals surface area contributed by atoms with Gasteiger partial charge in [0.1, 0.15) is 11.4 Å². The average molecular weight is 250 g/mol. The zero-order valence-electron chi connectivity index (χ0n) is 11.3. The molecule has 5 heteroatoms. The van der Waals surface area contributed by atoms with E-state index in [1.54, 1.807) is 7.05 Å². The molecule has 3 unspecified atom stereocenters. The minimum atomic E-state index is -0.105. The lowest BCUT2D eigenvalue weighted by Gasteiger charge is -2.34. The van der Waals surface area contributed by atoms with E-state index >= 15 is 0 Å². The molecule has 18 heavy (non-hydrogen) atoms. The van der Waals surface area contributed by atoms with Gasteiger partial charge in [-0.15, -0.1) is 0 Å². The monoisotopic (exact) mass is 250 g/mol. The first kappa shape index (κ1) is 12.9. The van der Waals surface area contributed by atoms with Gasteiger partial charge < -0.3 is 11.1 Å². The fraction of sp³-hybridized carbons (Fsp3) is 0.692. The molecule has 1 aliphatic rings. The SMILES string of the molecule is CC1CCCC(NC(=O)c2cnn(C)c2N)C1C. The van der Waals surface area contributed by atoms with E-state index in [-0.39, 0.29) is 11.9 Å². The molecule has 1 amide bonds. The largest absolute Gasteiger partial charge is 0.383 e. The number of aryl methyl sites for hydroxylation is 1. The summed E-state index contributed by atoms with van der Waals surface area (Å²) in [4.78, 5) is 12.2. The number of carbonyl (C=O) groups excluding carboxylic acids is 1. The number of amides is 1. The molecule has 3 atom stereocenters. The van der Waals surface area contributed by atoms with E-state index in [9.17, 15) is 4.79 Å². The van der Waals surface area contributed by atoms with E-state index in [0.717, 1.165) is 6.42 Å².